The fourth-order valence-electron chi connectivity index (χ4n) is 3.12. The van der Waals surface area contributed by atoms with Crippen LogP contribution in [0.15, 0.2) is 51.8 Å². The summed E-state index contributed by atoms with van der Waals surface area (Å²) in [6.45, 7) is 2.01. The van der Waals surface area contributed by atoms with Crippen molar-refractivity contribution in [2.24, 2.45) is 0 Å². The van der Waals surface area contributed by atoms with Crippen molar-refractivity contribution >= 4 is 33.5 Å². The maximum atomic E-state index is 3.63. The molecule has 0 radical (unpaired) electrons. The molecule has 0 aromatic heterocycles. The van der Waals surface area contributed by atoms with Crippen LogP contribution < -0.4 is 10.3 Å². The highest BCUT2D eigenvalue weighted by Crippen LogP contribution is 2.41. The van der Waals surface area contributed by atoms with Crippen LogP contribution in [0.1, 0.15) is 22.6 Å². The minimum Gasteiger partial charge on any atom is -0.274 e. The van der Waals surface area contributed by atoms with E-state index in [-0.39, 0.29) is 5.92 Å². The van der Waals surface area contributed by atoms with Gasteiger partial charge in [-0.15, -0.1) is 11.8 Å². The lowest BCUT2D eigenvalue weighted by atomic mass is 9.87. The topological polar surface area (TPSA) is 26.0 Å². The summed E-state index contributed by atoms with van der Waals surface area (Å²) in [7, 11) is 0. The number of hydrogen-bond donors (Lipinski definition) is 2. The monoisotopic (exact) mass is 359 g/mol. The molecule has 2 aromatic rings. The maximum absolute atomic E-state index is 3.63. The Morgan fingerprint density at radius 3 is 2.90 bits per heavy atom. The van der Waals surface area contributed by atoms with Gasteiger partial charge in [-0.05, 0) is 34.9 Å². The third-order valence-corrected chi connectivity index (χ3v) is 5.71. The van der Waals surface area contributed by atoms with Crippen LogP contribution in [-0.4, -0.2) is 18.9 Å². The van der Waals surface area contributed by atoms with E-state index in [2.05, 4.69) is 68.7 Å². The summed E-state index contributed by atoms with van der Waals surface area (Å²) in [6, 6.07) is 15.5. The Balaban J connectivity index is 1.95. The van der Waals surface area contributed by atoms with Gasteiger partial charge in [0.25, 0.3) is 5.84 Å². The second-order valence-electron chi connectivity index (χ2n) is 5.37. The number of benzene rings is 2. The predicted molar refractivity (Wildman–Crippen MR) is 90.8 cm³/mol. The van der Waals surface area contributed by atoms with Gasteiger partial charge in [0.15, 0.2) is 0 Å². The first-order valence-electron chi connectivity index (χ1n) is 7.17. The molecule has 1 atom stereocenters. The van der Waals surface area contributed by atoms with Crippen molar-refractivity contribution in [1.29, 1.82) is 0 Å². The molecule has 0 amide bonds. The second-order valence-corrected chi connectivity index (χ2v) is 7.30. The fourth-order valence-corrected chi connectivity index (χ4v) is 4.58. The molecule has 2 N–H and O–H groups in total. The molecule has 0 bridgehead atoms. The lowest BCUT2D eigenvalue weighted by Crippen LogP contribution is -2.71. The Morgan fingerprint density at radius 1 is 1.14 bits per heavy atom. The van der Waals surface area contributed by atoms with Gasteiger partial charge in [-0.2, -0.15) is 0 Å². The highest BCUT2D eigenvalue weighted by molar-refractivity contribution is 9.10. The van der Waals surface area contributed by atoms with Crippen LogP contribution in [0.4, 0.5) is 0 Å². The van der Waals surface area contributed by atoms with Crippen LogP contribution >= 0.6 is 27.7 Å². The van der Waals surface area contributed by atoms with Crippen LogP contribution in [0, 0.1) is 0 Å². The van der Waals surface area contributed by atoms with Crippen molar-refractivity contribution in [3.8, 4) is 0 Å². The van der Waals surface area contributed by atoms with E-state index in [1.165, 1.54) is 27.4 Å². The van der Waals surface area contributed by atoms with Gasteiger partial charge in [-0.1, -0.05) is 40.2 Å². The molecule has 21 heavy (non-hydrogen) atoms. The van der Waals surface area contributed by atoms with Gasteiger partial charge in [-0.3, -0.25) is 10.3 Å². The Hall–Kier alpha value is -1.26. The van der Waals surface area contributed by atoms with E-state index in [4.69, 9.17) is 0 Å². The number of hydrogen-bond acceptors (Lipinski definition) is 2. The molecule has 106 valence electrons. The van der Waals surface area contributed by atoms with E-state index in [9.17, 15) is 0 Å². The minimum absolute atomic E-state index is 0.284. The molecule has 0 saturated heterocycles. The zero-order chi connectivity index (χ0) is 14.2. The normalized spacial score (nSPS) is 20.0. The standard InChI is InChI=1S/C17H15BrN2S/c18-12-5-6-15-14(9-12)16(17-19-7-8-20-17)13-4-2-1-3-11(13)10-21-15/h1-6,9,16H,7-8,10H2,(H,19,20)/p+1/t16-/m1/s1. The largest absolute Gasteiger partial charge is 0.274 e. The second kappa shape index (κ2) is 5.50. The summed E-state index contributed by atoms with van der Waals surface area (Å²) < 4.78 is 1.14. The Kier molecular flexibility index (Phi) is 3.51. The third kappa shape index (κ3) is 2.40. The predicted octanol–water partition coefficient (Wildman–Crippen LogP) is 2.27. The molecular formula is C17H16BrN2S+. The van der Waals surface area contributed by atoms with Crippen molar-refractivity contribution in [1.82, 2.24) is 5.32 Å². The molecular weight excluding hydrogens is 344 g/mol. The smallest absolute Gasteiger partial charge is 0.255 e. The molecule has 2 aliphatic heterocycles. The van der Waals surface area contributed by atoms with Gasteiger partial charge in [-0.25, -0.2) is 0 Å². The molecule has 0 unspecified atom stereocenters. The first-order chi connectivity index (χ1) is 10.3. The quantitative estimate of drug-likeness (QED) is 0.816. The molecule has 4 heteroatoms. The van der Waals surface area contributed by atoms with E-state index < -0.39 is 0 Å². The van der Waals surface area contributed by atoms with Gasteiger partial charge in [0.2, 0.25) is 0 Å². The van der Waals surface area contributed by atoms with E-state index in [1.54, 1.807) is 0 Å². The lowest BCUT2D eigenvalue weighted by molar-refractivity contribution is -0.446. The SMILES string of the molecule is Brc1ccc2c(c1)[C@H](C1=[NH+]CCN1)c1ccccc1CS2. The fraction of sp³-hybridized carbons (Fsp3) is 0.235. The van der Waals surface area contributed by atoms with E-state index in [1.807, 2.05) is 11.8 Å². The Labute approximate surface area is 137 Å². The summed E-state index contributed by atoms with van der Waals surface area (Å²) in [4.78, 5) is 4.91. The maximum Gasteiger partial charge on any atom is 0.255 e. The van der Waals surface area contributed by atoms with Gasteiger partial charge in [0.05, 0.1) is 0 Å². The van der Waals surface area contributed by atoms with Crippen LogP contribution in [0.5, 0.6) is 0 Å². The van der Waals surface area contributed by atoms with Crippen molar-refractivity contribution in [3.05, 3.63) is 63.6 Å². The summed E-state index contributed by atoms with van der Waals surface area (Å²) in [5, 5.41) is 3.54. The zero-order valence-corrected chi connectivity index (χ0v) is 13.9. The van der Waals surface area contributed by atoms with Gasteiger partial charge in [0.1, 0.15) is 19.0 Å². The first-order valence-corrected chi connectivity index (χ1v) is 8.95. The highest BCUT2D eigenvalue weighted by Gasteiger charge is 2.33. The van der Waals surface area contributed by atoms with Gasteiger partial charge < -0.3 is 0 Å². The molecule has 2 aliphatic rings. The molecule has 0 saturated carbocycles. The number of nitrogens with one attached hydrogen (secondary N) is 2. The average Bonchev–Trinajstić information content (AvgIpc) is 2.97. The van der Waals surface area contributed by atoms with Crippen molar-refractivity contribution in [2.45, 2.75) is 16.6 Å². The number of halogens is 1. The summed E-state index contributed by atoms with van der Waals surface area (Å²) in [5.74, 6) is 2.56. The van der Waals surface area contributed by atoms with Crippen molar-refractivity contribution in [3.63, 3.8) is 0 Å². The number of fused-ring (bicyclic) bond motifs is 2. The summed E-state index contributed by atoms with van der Waals surface area (Å²) >= 11 is 5.57. The highest BCUT2D eigenvalue weighted by atomic mass is 79.9. The zero-order valence-electron chi connectivity index (χ0n) is 11.5. The molecule has 4 rings (SSSR count). The summed E-state index contributed by atoms with van der Waals surface area (Å²) in [5.41, 5.74) is 4.23. The van der Waals surface area contributed by atoms with Crippen LogP contribution in [-0.2, 0) is 5.75 Å². The van der Waals surface area contributed by atoms with Crippen LogP contribution in [0.2, 0.25) is 0 Å². The van der Waals surface area contributed by atoms with Crippen molar-refractivity contribution in [2.75, 3.05) is 13.1 Å². The van der Waals surface area contributed by atoms with E-state index in [0.29, 0.717) is 0 Å². The molecule has 0 aliphatic carbocycles. The van der Waals surface area contributed by atoms with E-state index >= 15 is 0 Å². The third-order valence-electron chi connectivity index (χ3n) is 4.08. The van der Waals surface area contributed by atoms with Crippen LogP contribution in [0.25, 0.3) is 0 Å². The molecule has 2 nitrogen and oxygen atoms in total. The lowest BCUT2D eigenvalue weighted by Gasteiger charge is -2.17. The van der Waals surface area contributed by atoms with E-state index in [0.717, 1.165) is 23.3 Å². The molecule has 2 heterocycles. The van der Waals surface area contributed by atoms with Gasteiger partial charge in [0, 0.05) is 15.1 Å². The number of thioether (sulfide) groups is 1. The first kappa shape index (κ1) is 13.4. The van der Waals surface area contributed by atoms with Crippen molar-refractivity contribution < 1.29 is 4.99 Å². The Bertz CT molecular complexity index is 726. The minimum atomic E-state index is 0.284. The number of amidine groups is 1. The molecule has 0 fully saturated rings. The van der Waals surface area contributed by atoms with Crippen LogP contribution in [0.3, 0.4) is 0 Å². The Morgan fingerprint density at radius 2 is 2.05 bits per heavy atom. The summed E-state index contributed by atoms with van der Waals surface area (Å²) in [6.07, 6.45) is 0. The van der Waals surface area contributed by atoms with Gasteiger partial charge >= 0.3 is 0 Å². The molecule has 0 spiro atoms. The number of rotatable bonds is 1. The average molecular weight is 360 g/mol. The molecule has 2 aromatic carbocycles.